The van der Waals surface area contributed by atoms with E-state index in [0.29, 0.717) is 13.2 Å². The molecule has 0 fully saturated rings. The first kappa shape index (κ1) is 22.6. The highest BCUT2D eigenvalue weighted by Crippen LogP contribution is 2.24. The third-order valence-electron chi connectivity index (χ3n) is 5.06. The van der Waals surface area contributed by atoms with Gasteiger partial charge in [-0.3, -0.25) is 0 Å². The molecule has 0 radical (unpaired) electrons. The zero-order valence-electron chi connectivity index (χ0n) is 17.3. The van der Waals surface area contributed by atoms with Crippen molar-refractivity contribution in [2.75, 3.05) is 27.1 Å². The maximum Gasteiger partial charge on any atom is 0.147 e. The molecule has 0 unspecified atom stereocenters. The van der Waals surface area contributed by atoms with E-state index in [1.165, 1.54) is 11.1 Å². The molecule has 0 aromatic heterocycles. The predicted octanol–water partition coefficient (Wildman–Crippen LogP) is 4.11. The van der Waals surface area contributed by atoms with Crippen LogP contribution in [0.5, 0.6) is 0 Å². The Kier molecular flexibility index (Phi) is 10.2. The summed E-state index contributed by atoms with van der Waals surface area (Å²) in [4.78, 5) is 0. The first-order valence-electron chi connectivity index (χ1n) is 10.1. The molecule has 0 aliphatic carbocycles. The Morgan fingerprint density at radius 3 is 1.86 bits per heavy atom. The van der Waals surface area contributed by atoms with Gasteiger partial charge in [0.25, 0.3) is 0 Å². The smallest absolute Gasteiger partial charge is 0.147 e. The lowest BCUT2D eigenvalue weighted by atomic mass is 9.85. The highest BCUT2D eigenvalue weighted by Gasteiger charge is 2.30. The van der Waals surface area contributed by atoms with Gasteiger partial charge in [0.1, 0.15) is 6.79 Å². The Morgan fingerprint density at radius 2 is 1.32 bits per heavy atom. The van der Waals surface area contributed by atoms with Crippen molar-refractivity contribution in [1.82, 2.24) is 0 Å². The molecule has 0 aliphatic rings. The first-order valence-corrected chi connectivity index (χ1v) is 10.1. The molecule has 0 saturated heterocycles. The van der Waals surface area contributed by atoms with Crippen molar-refractivity contribution in [2.24, 2.45) is 11.8 Å². The van der Waals surface area contributed by atoms with Crippen LogP contribution in [0.1, 0.15) is 25.0 Å². The molecule has 2 aromatic carbocycles. The van der Waals surface area contributed by atoms with Crippen molar-refractivity contribution in [3.05, 3.63) is 71.8 Å². The molecule has 2 rings (SSSR count). The van der Waals surface area contributed by atoms with Crippen molar-refractivity contribution < 1.29 is 19.3 Å². The van der Waals surface area contributed by atoms with Gasteiger partial charge in [0.05, 0.1) is 25.4 Å². The van der Waals surface area contributed by atoms with Crippen LogP contribution in [0.4, 0.5) is 0 Å². The third kappa shape index (κ3) is 7.72. The molecule has 0 aliphatic heterocycles. The molecule has 0 bridgehead atoms. The van der Waals surface area contributed by atoms with E-state index in [1.54, 1.807) is 7.11 Å². The predicted molar refractivity (Wildman–Crippen MR) is 112 cm³/mol. The van der Waals surface area contributed by atoms with Gasteiger partial charge in [0, 0.05) is 7.11 Å². The summed E-state index contributed by atoms with van der Waals surface area (Å²) in [6.07, 6.45) is 0.773. The molecule has 154 valence electrons. The highest BCUT2D eigenvalue weighted by atomic mass is 16.7. The molecular weight excluding hydrogens is 352 g/mol. The van der Waals surface area contributed by atoms with Gasteiger partial charge < -0.3 is 19.3 Å². The van der Waals surface area contributed by atoms with Crippen LogP contribution in [0.3, 0.4) is 0 Å². The number of ether oxygens (including phenoxy) is 3. The maximum absolute atomic E-state index is 11.1. The summed E-state index contributed by atoms with van der Waals surface area (Å²) in [6, 6.07) is 20.6. The maximum atomic E-state index is 11.1. The number of hydrogen-bond donors (Lipinski definition) is 1. The molecular formula is C24H34O4. The van der Waals surface area contributed by atoms with E-state index in [2.05, 4.69) is 38.1 Å². The molecule has 4 heteroatoms. The minimum atomic E-state index is -0.579. The summed E-state index contributed by atoms with van der Waals surface area (Å²) in [5.41, 5.74) is 2.46. The van der Waals surface area contributed by atoms with Crippen LogP contribution >= 0.6 is 0 Å². The largest absolute Gasteiger partial charge is 0.390 e. The van der Waals surface area contributed by atoms with Crippen LogP contribution in [-0.4, -0.2) is 44.4 Å². The van der Waals surface area contributed by atoms with Crippen LogP contribution in [0, 0.1) is 11.8 Å². The van der Waals surface area contributed by atoms with Crippen LogP contribution in [0.2, 0.25) is 0 Å². The average Bonchev–Trinajstić information content (AvgIpc) is 2.71. The van der Waals surface area contributed by atoms with Crippen LogP contribution in [0.15, 0.2) is 60.7 Å². The molecule has 0 heterocycles. The Balaban J connectivity index is 2.00. The Hall–Kier alpha value is -1.72. The highest BCUT2D eigenvalue weighted by molar-refractivity contribution is 5.16. The molecule has 0 saturated carbocycles. The molecule has 28 heavy (non-hydrogen) atoms. The van der Waals surface area contributed by atoms with E-state index in [-0.39, 0.29) is 24.7 Å². The summed E-state index contributed by atoms with van der Waals surface area (Å²) in [5, 5.41) is 11.1. The second-order valence-electron chi connectivity index (χ2n) is 7.47. The minimum Gasteiger partial charge on any atom is -0.390 e. The topological polar surface area (TPSA) is 47.9 Å². The number of rotatable bonds is 13. The molecule has 4 nitrogen and oxygen atoms in total. The summed E-state index contributed by atoms with van der Waals surface area (Å²) in [5.74, 6) is 0.228. The number of benzene rings is 2. The van der Waals surface area contributed by atoms with Crippen LogP contribution in [0.25, 0.3) is 0 Å². The summed E-state index contributed by atoms with van der Waals surface area (Å²) < 4.78 is 16.5. The van der Waals surface area contributed by atoms with E-state index >= 15 is 0 Å². The molecule has 0 spiro atoms. The normalized spacial score (nSPS) is 15.7. The average molecular weight is 387 g/mol. The fourth-order valence-electron chi connectivity index (χ4n) is 3.46. The standard InChI is InChI=1S/C24H34O4/c1-19(16-21-10-6-4-7-11-21)23(25)24(28-18-27-15-14-26-3)20(2)17-22-12-8-5-9-13-22/h4-13,19-20,23-25H,14-18H2,1-3H3/t19-,20-,23+,24+/m1/s1. The molecule has 4 atom stereocenters. The SMILES string of the molecule is COCCOCO[C@H]([C@@H](O)[C@H](C)Cc1ccccc1)[C@H](C)Cc1ccccc1. The molecule has 2 aromatic rings. The lowest BCUT2D eigenvalue weighted by molar-refractivity contribution is -0.153. The van der Waals surface area contributed by atoms with Gasteiger partial charge in [-0.15, -0.1) is 0 Å². The number of methoxy groups -OCH3 is 1. The zero-order valence-corrected chi connectivity index (χ0v) is 17.3. The fourth-order valence-corrected chi connectivity index (χ4v) is 3.46. The monoisotopic (exact) mass is 386 g/mol. The Bertz CT molecular complexity index is 632. The lowest BCUT2D eigenvalue weighted by Gasteiger charge is -2.32. The Labute approximate surface area is 169 Å². The summed E-state index contributed by atoms with van der Waals surface area (Å²) in [6.45, 7) is 5.37. The first-order chi connectivity index (χ1) is 13.6. The van der Waals surface area contributed by atoms with Gasteiger partial charge in [-0.25, -0.2) is 0 Å². The van der Waals surface area contributed by atoms with Gasteiger partial charge in [-0.2, -0.15) is 0 Å². The van der Waals surface area contributed by atoms with Gasteiger partial charge in [0.15, 0.2) is 0 Å². The number of aliphatic hydroxyl groups excluding tert-OH is 1. The van der Waals surface area contributed by atoms with E-state index in [0.717, 1.165) is 12.8 Å². The van der Waals surface area contributed by atoms with Gasteiger partial charge in [0.2, 0.25) is 0 Å². The van der Waals surface area contributed by atoms with E-state index < -0.39 is 6.10 Å². The minimum absolute atomic E-state index is 0.0737. The third-order valence-corrected chi connectivity index (χ3v) is 5.06. The van der Waals surface area contributed by atoms with Crippen molar-refractivity contribution >= 4 is 0 Å². The van der Waals surface area contributed by atoms with Gasteiger partial charge in [-0.05, 0) is 35.8 Å². The van der Waals surface area contributed by atoms with Crippen molar-refractivity contribution in [3.8, 4) is 0 Å². The Morgan fingerprint density at radius 1 is 0.786 bits per heavy atom. The quantitative estimate of drug-likeness (QED) is 0.416. The number of aliphatic hydroxyl groups is 1. The number of hydrogen-bond acceptors (Lipinski definition) is 4. The second kappa shape index (κ2) is 12.7. The zero-order chi connectivity index (χ0) is 20.2. The summed E-state index contributed by atoms with van der Waals surface area (Å²) in [7, 11) is 1.64. The van der Waals surface area contributed by atoms with Gasteiger partial charge in [-0.1, -0.05) is 74.5 Å². The van der Waals surface area contributed by atoms with Crippen molar-refractivity contribution in [3.63, 3.8) is 0 Å². The van der Waals surface area contributed by atoms with E-state index in [9.17, 15) is 5.11 Å². The fraction of sp³-hybridized carbons (Fsp3) is 0.500. The van der Waals surface area contributed by atoms with Crippen molar-refractivity contribution in [1.29, 1.82) is 0 Å². The van der Waals surface area contributed by atoms with Crippen LogP contribution < -0.4 is 0 Å². The summed E-state index contributed by atoms with van der Waals surface area (Å²) >= 11 is 0. The van der Waals surface area contributed by atoms with Crippen molar-refractivity contribution in [2.45, 2.75) is 38.9 Å². The van der Waals surface area contributed by atoms with E-state index in [1.807, 2.05) is 36.4 Å². The molecule has 0 amide bonds. The second-order valence-corrected chi connectivity index (χ2v) is 7.47. The molecule has 1 N–H and O–H groups in total. The van der Waals surface area contributed by atoms with E-state index in [4.69, 9.17) is 14.2 Å². The van der Waals surface area contributed by atoms with Gasteiger partial charge >= 0.3 is 0 Å². The lowest BCUT2D eigenvalue weighted by Crippen LogP contribution is -2.41. The van der Waals surface area contributed by atoms with Crippen LogP contribution in [-0.2, 0) is 27.1 Å².